The predicted octanol–water partition coefficient (Wildman–Crippen LogP) is 6.41. The Morgan fingerprint density at radius 2 is 1.67 bits per heavy atom. The molecule has 7 rings (SSSR count). The number of rotatable bonds is 12. The zero-order valence-electron chi connectivity index (χ0n) is 27.1. The minimum absolute atomic E-state index is 0.0635. The van der Waals surface area contributed by atoms with Crippen molar-refractivity contribution in [3.63, 3.8) is 0 Å². The number of aromatic nitrogens is 2. The molecule has 0 spiro atoms. The van der Waals surface area contributed by atoms with Crippen molar-refractivity contribution in [1.29, 1.82) is 0 Å². The molecule has 248 valence electrons. The SMILES string of the molecule is COc1ccc(-c2nc(CN3Cc4ccccc4[C@@H]4OC(c5ccc(OCCCO)cc5)=N[C@]4(C/C=C/c4ccccc4)C3=O)no2)cc1. The lowest BCUT2D eigenvalue weighted by molar-refractivity contribution is -0.140. The quantitative estimate of drug-likeness (QED) is 0.153. The van der Waals surface area contributed by atoms with Crippen molar-refractivity contribution >= 4 is 17.9 Å². The van der Waals surface area contributed by atoms with Gasteiger partial charge >= 0.3 is 0 Å². The number of nitrogens with zero attached hydrogens (tertiary/aromatic N) is 4. The fourth-order valence-electron chi connectivity index (χ4n) is 6.17. The molecule has 0 fully saturated rings. The van der Waals surface area contributed by atoms with Crippen molar-refractivity contribution in [2.24, 2.45) is 4.99 Å². The van der Waals surface area contributed by atoms with Gasteiger partial charge in [-0.1, -0.05) is 71.9 Å². The molecule has 0 bridgehead atoms. The van der Waals surface area contributed by atoms with Crippen LogP contribution in [0.25, 0.3) is 17.5 Å². The van der Waals surface area contributed by atoms with Crippen LogP contribution in [0.15, 0.2) is 119 Å². The van der Waals surface area contributed by atoms with Gasteiger partial charge in [-0.05, 0) is 59.7 Å². The van der Waals surface area contributed by atoms with E-state index in [0.717, 1.165) is 33.6 Å². The molecular formula is C39H36N4O6. The highest BCUT2D eigenvalue weighted by Gasteiger charge is 2.56. The molecule has 49 heavy (non-hydrogen) atoms. The molecule has 2 aliphatic rings. The third-order valence-corrected chi connectivity index (χ3v) is 8.67. The van der Waals surface area contributed by atoms with Crippen LogP contribution in [0.3, 0.4) is 0 Å². The van der Waals surface area contributed by atoms with Gasteiger partial charge in [-0.25, -0.2) is 4.99 Å². The lowest BCUT2D eigenvalue weighted by Gasteiger charge is -2.31. The number of aliphatic imine (C=N–C) groups is 1. The van der Waals surface area contributed by atoms with Gasteiger partial charge in [0.25, 0.3) is 11.8 Å². The van der Waals surface area contributed by atoms with Crippen molar-refractivity contribution < 1.29 is 28.6 Å². The van der Waals surface area contributed by atoms with E-state index in [-0.39, 0.29) is 19.1 Å². The van der Waals surface area contributed by atoms with Gasteiger partial charge in [0.2, 0.25) is 5.90 Å². The van der Waals surface area contributed by atoms with Crippen LogP contribution in [0.1, 0.15) is 47.0 Å². The summed E-state index contributed by atoms with van der Waals surface area (Å²) in [7, 11) is 1.61. The van der Waals surface area contributed by atoms with E-state index in [4.69, 9.17) is 28.8 Å². The van der Waals surface area contributed by atoms with E-state index in [0.29, 0.717) is 49.4 Å². The first-order valence-electron chi connectivity index (χ1n) is 16.2. The minimum atomic E-state index is -1.30. The number of carbonyl (C=O) groups is 1. The number of amides is 1. The van der Waals surface area contributed by atoms with E-state index in [9.17, 15) is 4.79 Å². The Hall–Kier alpha value is -5.74. The average Bonchev–Trinajstić information content (AvgIpc) is 3.76. The third kappa shape index (κ3) is 6.68. The lowest BCUT2D eigenvalue weighted by Crippen LogP contribution is -2.47. The third-order valence-electron chi connectivity index (χ3n) is 8.67. The Kier molecular flexibility index (Phi) is 9.21. The molecule has 4 aromatic carbocycles. The number of benzene rings is 4. The number of hydrogen-bond donors (Lipinski definition) is 1. The summed E-state index contributed by atoms with van der Waals surface area (Å²) in [6.45, 7) is 0.924. The van der Waals surface area contributed by atoms with Gasteiger partial charge in [0.1, 0.15) is 11.5 Å². The summed E-state index contributed by atoms with van der Waals surface area (Å²) in [5, 5.41) is 13.3. The molecule has 0 radical (unpaired) electrons. The second kappa shape index (κ2) is 14.2. The van der Waals surface area contributed by atoms with Crippen LogP contribution in [-0.4, -0.2) is 57.8 Å². The molecule has 2 aliphatic heterocycles. The van der Waals surface area contributed by atoms with Gasteiger partial charge in [0.15, 0.2) is 17.5 Å². The second-order valence-electron chi connectivity index (χ2n) is 11.9. The molecule has 5 aromatic rings. The number of ether oxygens (including phenoxy) is 3. The number of aliphatic hydroxyl groups excluding tert-OH is 1. The van der Waals surface area contributed by atoms with Gasteiger partial charge in [-0.2, -0.15) is 4.98 Å². The van der Waals surface area contributed by atoms with Gasteiger partial charge < -0.3 is 28.7 Å². The van der Waals surface area contributed by atoms with Crippen molar-refractivity contribution in [3.8, 4) is 23.0 Å². The first-order chi connectivity index (χ1) is 24.1. The maximum Gasteiger partial charge on any atom is 0.257 e. The number of carbonyl (C=O) groups excluding carboxylic acids is 1. The Balaban J connectivity index is 1.25. The maximum absolute atomic E-state index is 15.0. The predicted molar refractivity (Wildman–Crippen MR) is 184 cm³/mol. The van der Waals surface area contributed by atoms with E-state index in [1.54, 1.807) is 12.0 Å². The first kappa shape index (κ1) is 31.8. The van der Waals surface area contributed by atoms with Crippen molar-refractivity contribution in [1.82, 2.24) is 15.0 Å². The highest BCUT2D eigenvalue weighted by Crippen LogP contribution is 2.47. The van der Waals surface area contributed by atoms with Crippen LogP contribution < -0.4 is 9.47 Å². The van der Waals surface area contributed by atoms with Crippen molar-refractivity contribution in [3.05, 3.63) is 137 Å². The summed E-state index contributed by atoms with van der Waals surface area (Å²) in [6, 6.07) is 32.7. The summed E-state index contributed by atoms with van der Waals surface area (Å²) in [5.74, 6) is 2.32. The van der Waals surface area contributed by atoms with Crippen LogP contribution in [-0.2, 0) is 22.6 Å². The van der Waals surface area contributed by atoms with Crippen molar-refractivity contribution in [2.45, 2.75) is 37.6 Å². The Bertz CT molecular complexity index is 1960. The molecule has 2 atom stereocenters. The van der Waals surface area contributed by atoms with Gasteiger partial charge in [0.05, 0.1) is 20.3 Å². The topological polar surface area (TPSA) is 120 Å². The fourth-order valence-corrected chi connectivity index (χ4v) is 6.17. The van der Waals surface area contributed by atoms with E-state index in [1.807, 2.05) is 115 Å². The van der Waals surface area contributed by atoms with E-state index in [2.05, 4.69) is 10.1 Å². The highest BCUT2D eigenvalue weighted by molar-refractivity contribution is 6.01. The summed E-state index contributed by atoms with van der Waals surface area (Å²) < 4.78 is 23.3. The fraction of sp³-hybridized carbons (Fsp3) is 0.231. The lowest BCUT2D eigenvalue weighted by atomic mass is 9.84. The normalized spacial score (nSPS) is 18.4. The molecule has 1 amide bonds. The molecule has 0 unspecified atom stereocenters. The van der Waals surface area contributed by atoms with Crippen LogP contribution in [0.4, 0.5) is 0 Å². The Labute approximate surface area is 284 Å². The molecule has 0 saturated carbocycles. The van der Waals surface area contributed by atoms with E-state index < -0.39 is 11.6 Å². The number of hydrogen-bond acceptors (Lipinski definition) is 9. The summed E-state index contributed by atoms with van der Waals surface area (Å²) >= 11 is 0. The van der Waals surface area contributed by atoms with Gasteiger partial charge in [0, 0.05) is 42.7 Å². The van der Waals surface area contributed by atoms with Crippen LogP contribution in [0.5, 0.6) is 11.5 Å². The summed E-state index contributed by atoms with van der Waals surface area (Å²) in [4.78, 5) is 26.5. The standard InChI is InChI=1S/C39H36N4O6/c1-46-31-18-14-28(15-19-31)36-40-34(42-49-36)26-43-25-30-12-5-6-13-33(30)35-39(38(43)45,22-7-11-27-9-3-2-4-10-27)41-37(48-35)29-16-20-32(21-17-29)47-24-8-23-44/h2-7,9-21,35,44H,8,22-26H2,1H3/b11-7+/t35-,39-/m0/s1. The largest absolute Gasteiger partial charge is 0.497 e. The van der Waals surface area contributed by atoms with Crippen LogP contribution in [0, 0.1) is 0 Å². The highest BCUT2D eigenvalue weighted by atomic mass is 16.5. The van der Waals surface area contributed by atoms with Crippen molar-refractivity contribution in [2.75, 3.05) is 20.3 Å². The number of methoxy groups -OCH3 is 1. The van der Waals surface area contributed by atoms with E-state index >= 15 is 0 Å². The molecule has 1 N–H and O–H groups in total. The maximum atomic E-state index is 15.0. The molecule has 10 heteroatoms. The van der Waals surface area contributed by atoms with E-state index in [1.165, 1.54) is 0 Å². The summed E-state index contributed by atoms with van der Waals surface area (Å²) in [6.07, 6.45) is 4.18. The Morgan fingerprint density at radius 1 is 0.939 bits per heavy atom. The Morgan fingerprint density at radius 3 is 2.45 bits per heavy atom. The van der Waals surface area contributed by atoms with Gasteiger partial charge in [-0.15, -0.1) is 0 Å². The zero-order valence-corrected chi connectivity index (χ0v) is 27.1. The molecule has 10 nitrogen and oxygen atoms in total. The van der Waals surface area contributed by atoms with Crippen LogP contribution >= 0.6 is 0 Å². The molecule has 3 heterocycles. The van der Waals surface area contributed by atoms with Crippen LogP contribution in [0.2, 0.25) is 0 Å². The number of fused-ring (bicyclic) bond motifs is 3. The second-order valence-corrected chi connectivity index (χ2v) is 11.9. The minimum Gasteiger partial charge on any atom is -0.497 e. The smallest absolute Gasteiger partial charge is 0.257 e. The molecule has 0 aliphatic carbocycles. The monoisotopic (exact) mass is 656 g/mol. The van der Waals surface area contributed by atoms with Gasteiger partial charge in [-0.3, -0.25) is 4.79 Å². The molecule has 1 aromatic heterocycles. The molecule has 0 saturated heterocycles. The zero-order chi connectivity index (χ0) is 33.6. The summed E-state index contributed by atoms with van der Waals surface area (Å²) in [5.41, 5.74) is 3.06. The number of aliphatic hydroxyl groups is 1. The average molecular weight is 657 g/mol. The molecular weight excluding hydrogens is 620 g/mol. The first-order valence-corrected chi connectivity index (χ1v) is 16.2.